The molecule has 2 N–H and O–H groups in total. The maximum atomic E-state index is 12.3. The number of halogens is 1. The minimum atomic E-state index is -0.359. The van der Waals surface area contributed by atoms with Crippen LogP contribution in [0.2, 0.25) is 5.02 Å². The SMILES string of the molecule is C=CC(C(C)=Nc1cccnc1CC)=C(N)C(c1ccc(Cl)cc1)N(C)c1cc(C)c(=O)n(C)c1. The third-order valence-corrected chi connectivity index (χ3v) is 6.27. The lowest BCUT2D eigenvalue weighted by atomic mass is 9.96. The second kappa shape index (κ2) is 11.2. The van der Waals surface area contributed by atoms with Crippen molar-refractivity contribution < 1.29 is 0 Å². The number of allylic oxidation sites excluding steroid dienone is 2. The second-order valence-corrected chi connectivity index (χ2v) is 8.89. The number of hydrogen-bond acceptors (Lipinski definition) is 5. The zero-order valence-corrected chi connectivity index (χ0v) is 21.7. The van der Waals surface area contributed by atoms with Gasteiger partial charge in [-0.05, 0) is 56.2 Å². The maximum Gasteiger partial charge on any atom is 0.253 e. The van der Waals surface area contributed by atoms with Crippen LogP contribution in [0.5, 0.6) is 0 Å². The second-order valence-electron chi connectivity index (χ2n) is 8.46. The molecule has 1 unspecified atom stereocenters. The summed E-state index contributed by atoms with van der Waals surface area (Å²) in [4.78, 5) is 23.6. The van der Waals surface area contributed by atoms with E-state index in [0.29, 0.717) is 16.3 Å². The first-order valence-electron chi connectivity index (χ1n) is 11.4. The van der Waals surface area contributed by atoms with Crippen LogP contribution in [-0.4, -0.2) is 22.3 Å². The molecule has 182 valence electrons. The van der Waals surface area contributed by atoms with Gasteiger partial charge in [-0.2, -0.15) is 0 Å². The number of hydrogen-bond donors (Lipinski definition) is 1. The first kappa shape index (κ1) is 26.0. The van der Waals surface area contributed by atoms with Crippen LogP contribution in [0.1, 0.15) is 36.7 Å². The van der Waals surface area contributed by atoms with E-state index >= 15 is 0 Å². The largest absolute Gasteiger partial charge is 0.400 e. The predicted octanol–water partition coefficient (Wildman–Crippen LogP) is 5.67. The average molecular weight is 490 g/mol. The van der Waals surface area contributed by atoms with Crippen LogP contribution in [0.15, 0.2) is 88.6 Å². The Morgan fingerprint density at radius 1 is 1.31 bits per heavy atom. The molecule has 6 nitrogen and oxygen atoms in total. The summed E-state index contributed by atoms with van der Waals surface area (Å²) in [6.07, 6.45) is 6.09. The van der Waals surface area contributed by atoms with Crippen LogP contribution >= 0.6 is 11.6 Å². The van der Waals surface area contributed by atoms with Gasteiger partial charge in [-0.1, -0.05) is 43.3 Å². The Balaban J connectivity index is 2.19. The van der Waals surface area contributed by atoms with Crippen molar-refractivity contribution in [3.05, 3.63) is 111 Å². The Labute approximate surface area is 212 Å². The average Bonchev–Trinajstić information content (AvgIpc) is 2.84. The predicted molar refractivity (Wildman–Crippen MR) is 147 cm³/mol. The number of rotatable bonds is 8. The first-order chi connectivity index (χ1) is 16.7. The Bertz CT molecular complexity index is 1310. The Morgan fingerprint density at radius 2 is 2.00 bits per heavy atom. The molecule has 2 aromatic heterocycles. The van der Waals surface area contributed by atoms with Crippen LogP contribution < -0.4 is 16.2 Å². The number of aryl methyl sites for hydroxylation is 3. The quantitative estimate of drug-likeness (QED) is 0.326. The lowest BCUT2D eigenvalue weighted by Gasteiger charge is -2.32. The molecule has 0 spiro atoms. The monoisotopic (exact) mass is 489 g/mol. The summed E-state index contributed by atoms with van der Waals surface area (Å²) in [7, 11) is 3.70. The van der Waals surface area contributed by atoms with E-state index in [1.165, 1.54) is 0 Å². The Kier molecular flexibility index (Phi) is 8.30. The third-order valence-electron chi connectivity index (χ3n) is 6.02. The number of aromatic nitrogens is 2. The minimum Gasteiger partial charge on any atom is -0.400 e. The molecule has 0 saturated carbocycles. The number of anilines is 1. The van der Waals surface area contributed by atoms with Gasteiger partial charge in [0.05, 0.1) is 23.1 Å². The molecule has 0 aliphatic heterocycles. The summed E-state index contributed by atoms with van der Waals surface area (Å²) in [5, 5.41) is 0.640. The summed E-state index contributed by atoms with van der Waals surface area (Å²) in [6, 6.07) is 12.9. The molecule has 0 aliphatic carbocycles. The highest BCUT2D eigenvalue weighted by molar-refractivity contribution is 6.30. The molecule has 0 aliphatic rings. The van der Waals surface area contributed by atoms with Gasteiger partial charge in [-0.25, -0.2) is 0 Å². The molecule has 3 aromatic rings. The van der Waals surface area contributed by atoms with Gasteiger partial charge < -0.3 is 15.2 Å². The Hall–Kier alpha value is -3.64. The molecule has 0 radical (unpaired) electrons. The van der Waals surface area contributed by atoms with E-state index in [1.807, 2.05) is 67.5 Å². The van der Waals surface area contributed by atoms with E-state index in [4.69, 9.17) is 22.3 Å². The summed E-state index contributed by atoms with van der Waals surface area (Å²) in [5.41, 5.74) is 13.1. The molecule has 0 fully saturated rings. The van der Waals surface area contributed by atoms with Crippen LogP contribution in [0.25, 0.3) is 0 Å². The third kappa shape index (κ3) is 5.72. The van der Waals surface area contributed by atoms with Crippen LogP contribution in [0.3, 0.4) is 0 Å². The topological polar surface area (TPSA) is 76.5 Å². The van der Waals surface area contributed by atoms with E-state index in [1.54, 1.807) is 30.8 Å². The molecule has 2 heterocycles. The fourth-order valence-corrected chi connectivity index (χ4v) is 4.25. The molecule has 7 heteroatoms. The Morgan fingerprint density at radius 3 is 2.60 bits per heavy atom. The number of nitrogens with zero attached hydrogens (tertiary/aromatic N) is 4. The van der Waals surface area contributed by atoms with Crippen molar-refractivity contribution in [2.45, 2.75) is 33.2 Å². The smallest absolute Gasteiger partial charge is 0.253 e. The standard InChI is InChI=1S/C28H32ClN5O/c1-7-23(19(4)32-25-10-9-15-31-24(25)8-2)26(30)27(20-11-13-21(29)14-12-20)34(6)22-16-18(3)28(35)33(5)17-22/h7,9-17,27H,1,8,30H2,2-6H3. The van der Waals surface area contributed by atoms with E-state index in [9.17, 15) is 4.79 Å². The van der Waals surface area contributed by atoms with Crippen molar-refractivity contribution in [3.63, 3.8) is 0 Å². The van der Waals surface area contributed by atoms with Crippen LogP contribution in [0.4, 0.5) is 11.4 Å². The van der Waals surface area contributed by atoms with Crippen molar-refractivity contribution in [1.29, 1.82) is 0 Å². The number of benzene rings is 1. The normalized spacial score (nSPS) is 13.3. The van der Waals surface area contributed by atoms with Gasteiger partial charge in [-0.3, -0.25) is 14.8 Å². The number of pyridine rings is 2. The van der Waals surface area contributed by atoms with E-state index in [2.05, 4.69) is 18.5 Å². The molecule has 1 aromatic carbocycles. The highest BCUT2D eigenvalue weighted by Gasteiger charge is 2.24. The first-order valence-corrected chi connectivity index (χ1v) is 11.8. The van der Waals surface area contributed by atoms with Crippen molar-refractivity contribution in [2.24, 2.45) is 17.8 Å². The summed E-state index contributed by atoms with van der Waals surface area (Å²) in [5.74, 6) is 0. The van der Waals surface area contributed by atoms with Crippen molar-refractivity contribution in [3.8, 4) is 0 Å². The zero-order valence-electron chi connectivity index (χ0n) is 20.9. The highest BCUT2D eigenvalue weighted by Crippen LogP contribution is 2.32. The van der Waals surface area contributed by atoms with Gasteiger partial charge in [0.15, 0.2) is 0 Å². The lowest BCUT2D eigenvalue weighted by molar-refractivity contribution is 0.739. The molecular weight excluding hydrogens is 458 g/mol. The lowest BCUT2D eigenvalue weighted by Crippen LogP contribution is -2.32. The summed E-state index contributed by atoms with van der Waals surface area (Å²) in [6.45, 7) is 9.81. The molecule has 0 bridgehead atoms. The van der Waals surface area contributed by atoms with Crippen LogP contribution in [-0.2, 0) is 13.5 Å². The van der Waals surface area contributed by atoms with Gasteiger partial charge >= 0.3 is 0 Å². The zero-order chi connectivity index (χ0) is 25.7. The van der Waals surface area contributed by atoms with E-state index in [0.717, 1.165) is 40.3 Å². The fourth-order valence-electron chi connectivity index (χ4n) is 4.12. The van der Waals surface area contributed by atoms with Gasteiger partial charge in [0, 0.05) is 54.1 Å². The molecule has 0 amide bonds. The molecule has 1 atom stereocenters. The fraction of sp³-hybridized carbons (Fsp3) is 0.250. The van der Waals surface area contributed by atoms with Gasteiger partial charge in [0.1, 0.15) is 0 Å². The number of likely N-dealkylation sites (N-methyl/N-ethyl adjacent to an activating group) is 1. The molecule has 0 saturated heterocycles. The van der Waals surface area contributed by atoms with E-state index < -0.39 is 0 Å². The van der Waals surface area contributed by atoms with Crippen molar-refractivity contribution >= 4 is 28.7 Å². The summed E-state index contributed by atoms with van der Waals surface area (Å²) >= 11 is 6.17. The highest BCUT2D eigenvalue weighted by atomic mass is 35.5. The van der Waals surface area contributed by atoms with Gasteiger partial charge in [-0.15, -0.1) is 0 Å². The minimum absolute atomic E-state index is 0.0355. The van der Waals surface area contributed by atoms with Crippen LogP contribution in [0, 0.1) is 6.92 Å². The molecule has 35 heavy (non-hydrogen) atoms. The molecule has 3 rings (SSSR count). The number of nitrogens with two attached hydrogens (primary N) is 1. The number of aliphatic imine (C=N–C) groups is 1. The van der Waals surface area contributed by atoms with Gasteiger partial charge in [0.25, 0.3) is 5.56 Å². The molecular formula is C28H32ClN5O. The van der Waals surface area contributed by atoms with Crippen molar-refractivity contribution in [1.82, 2.24) is 9.55 Å². The van der Waals surface area contributed by atoms with Crippen molar-refractivity contribution in [2.75, 3.05) is 11.9 Å². The van der Waals surface area contributed by atoms with E-state index in [-0.39, 0.29) is 11.6 Å². The maximum absolute atomic E-state index is 12.3. The summed E-state index contributed by atoms with van der Waals surface area (Å²) < 4.78 is 1.58. The van der Waals surface area contributed by atoms with Gasteiger partial charge in [0.2, 0.25) is 0 Å².